The first kappa shape index (κ1) is 25.7. The fourth-order valence-corrected chi connectivity index (χ4v) is 4.61. The van der Waals surface area contributed by atoms with Gasteiger partial charge in [0.2, 0.25) is 0 Å². The second-order valence-electron chi connectivity index (χ2n) is 9.39. The summed E-state index contributed by atoms with van der Waals surface area (Å²) < 4.78 is 11.0. The van der Waals surface area contributed by atoms with E-state index in [4.69, 9.17) is 9.47 Å². The van der Waals surface area contributed by atoms with Gasteiger partial charge in [-0.15, -0.1) is 0 Å². The van der Waals surface area contributed by atoms with E-state index in [2.05, 4.69) is 25.3 Å². The molecule has 1 N–H and O–H groups in total. The molecule has 0 aliphatic carbocycles. The van der Waals surface area contributed by atoms with Gasteiger partial charge in [0.15, 0.2) is 0 Å². The minimum Gasteiger partial charge on any atom is -0.507 e. The van der Waals surface area contributed by atoms with Crippen LogP contribution in [0.25, 0.3) is 5.76 Å². The SMILES string of the molecule is C=CCOc1ccc(/C(O)=C2\C(=O)C(=O)N(CCN3CCOCC3)[C@H]2c2ccc(C(C)C)cc2)cc1. The Kier molecular flexibility index (Phi) is 8.23. The van der Waals surface area contributed by atoms with Crippen LogP contribution in [0.2, 0.25) is 0 Å². The fourth-order valence-electron chi connectivity index (χ4n) is 4.61. The van der Waals surface area contributed by atoms with E-state index >= 15 is 0 Å². The highest BCUT2D eigenvalue weighted by atomic mass is 16.5. The molecule has 0 saturated carbocycles. The maximum absolute atomic E-state index is 13.3. The van der Waals surface area contributed by atoms with Crippen LogP contribution < -0.4 is 4.74 Å². The Morgan fingerprint density at radius 3 is 2.36 bits per heavy atom. The molecule has 2 aromatic rings. The summed E-state index contributed by atoms with van der Waals surface area (Å²) in [5.41, 5.74) is 2.53. The van der Waals surface area contributed by atoms with Crippen LogP contribution >= 0.6 is 0 Å². The van der Waals surface area contributed by atoms with Gasteiger partial charge in [-0.1, -0.05) is 50.8 Å². The molecule has 7 heteroatoms. The summed E-state index contributed by atoms with van der Waals surface area (Å²) in [7, 11) is 0. The van der Waals surface area contributed by atoms with Crippen molar-refractivity contribution in [3.63, 3.8) is 0 Å². The smallest absolute Gasteiger partial charge is 0.295 e. The third-order valence-electron chi connectivity index (χ3n) is 6.72. The summed E-state index contributed by atoms with van der Waals surface area (Å²) in [5, 5.41) is 11.3. The van der Waals surface area contributed by atoms with Crippen LogP contribution in [0, 0.1) is 0 Å². The van der Waals surface area contributed by atoms with Crippen molar-refractivity contribution in [3.05, 3.63) is 83.4 Å². The average molecular weight is 491 g/mol. The highest BCUT2D eigenvalue weighted by Crippen LogP contribution is 2.39. The van der Waals surface area contributed by atoms with Crippen LogP contribution in [-0.4, -0.2) is 72.6 Å². The number of carbonyl (C=O) groups excluding carboxylic acids is 2. The zero-order chi connectivity index (χ0) is 25.7. The minimum absolute atomic E-state index is 0.110. The highest BCUT2D eigenvalue weighted by Gasteiger charge is 2.46. The van der Waals surface area contributed by atoms with Gasteiger partial charge < -0.3 is 19.5 Å². The maximum atomic E-state index is 13.3. The molecule has 2 aliphatic rings. The van der Waals surface area contributed by atoms with Crippen molar-refractivity contribution in [2.45, 2.75) is 25.8 Å². The summed E-state index contributed by atoms with van der Waals surface area (Å²) >= 11 is 0. The number of Topliss-reactive ketones (excluding diaryl/α,β-unsaturated/α-hetero) is 1. The van der Waals surface area contributed by atoms with Crippen LogP contribution in [-0.2, 0) is 14.3 Å². The van der Waals surface area contributed by atoms with E-state index in [1.165, 1.54) is 5.56 Å². The van der Waals surface area contributed by atoms with Gasteiger partial charge in [-0.2, -0.15) is 0 Å². The standard InChI is InChI=1S/C29H34N2O5/c1-4-17-36-24-11-9-23(10-12-24)27(32)25-26(22-7-5-21(6-8-22)20(2)3)31(29(34)28(25)33)14-13-30-15-18-35-19-16-30/h4-12,20,26,32H,1,13-19H2,2-3H3/b27-25+/t26-/m0/s1. The lowest BCUT2D eigenvalue weighted by Crippen LogP contribution is -2.42. The fraction of sp³-hybridized carbons (Fsp3) is 0.379. The van der Waals surface area contributed by atoms with Crippen LogP contribution in [0.3, 0.4) is 0 Å². The number of aliphatic hydroxyl groups excluding tert-OH is 1. The summed E-state index contributed by atoms with van der Waals surface area (Å²) in [6, 6.07) is 14.1. The van der Waals surface area contributed by atoms with Crippen LogP contribution in [0.4, 0.5) is 0 Å². The summed E-state index contributed by atoms with van der Waals surface area (Å²) in [4.78, 5) is 30.3. The number of benzene rings is 2. The van der Waals surface area contributed by atoms with E-state index in [1.807, 2.05) is 24.3 Å². The molecule has 2 aromatic carbocycles. The topological polar surface area (TPSA) is 79.3 Å². The third-order valence-corrected chi connectivity index (χ3v) is 6.72. The highest BCUT2D eigenvalue weighted by molar-refractivity contribution is 6.46. The molecule has 0 bridgehead atoms. The van der Waals surface area contributed by atoms with Gasteiger partial charge in [0.1, 0.15) is 18.1 Å². The number of ketones is 1. The molecule has 36 heavy (non-hydrogen) atoms. The van der Waals surface area contributed by atoms with Gasteiger partial charge in [-0.3, -0.25) is 14.5 Å². The Balaban J connectivity index is 1.70. The molecule has 190 valence electrons. The monoisotopic (exact) mass is 490 g/mol. The summed E-state index contributed by atoms with van der Waals surface area (Å²) in [6.07, 6.45) is 1.65. The first-order chi connectivity index (χ1) is 17.4. The lowest BCUT2D eigenvalue weighted by Gasteiger charge is -2.31. The second-order valence-corrected chi connectivity index (χ2v) is 9.39. The van der Waals surface area contributed by atoms with Crippen LogP contribution in [0.5, 0.6) is 5.75 Å². The number of morpholine rings is 1. The number of likely N-dealkylation sites (tertiary alicyclic amines) is 1. The van der Waals surface area contributed by atoms with E-state index in [-0.39, 0.29) is 11.3 Å². The number of nitrogens with zero attached hydrogens (tertiary/aromatic N) is 2. The van der Waals surface area contributed by atoms with Crippen molar-refractivity contribution >= 4 is 17.4 Å². The quantitative estimate of drug-likeness (QED) is 0.247. The van der Waals surface area contributed by atoms with E-state index in [9.17, 15) is 14.7 Å². The zero-order valence-electron chi connectivity index (χ0n) is 21.0. The van der Waals surface area contributed by atoms with Crippen molar-refractivity contribution in [2.24, 2.45) is 0 Å². The number of rotatable bonds is 9. The number of ether oxygens (including phenoxy) is 2. The minimum atomic E-state index is -0.667. The molecular formula is C29H34N2O5. The molecule has 1 atom stereocenters. The lowest BCUT2D eigenvalue weighted by molar-refractivity contribution is -0.140. The normalized spacial score (nSPS) is 20.2. The predicted molar refractivity (Wildman–Crippen MR) is 139 cm³/mol. The molecule has 0 spiro atoms. The van der Waals surface area contributed by atoms with Gasteiger partial charge >= 0.3 is 0 Å². The second kappa shape index (κ2) is 11.5. The van der Waals surface area contributed by atoms with E-state index in [1.54, 1.807) is 35.2 Å². The van der Waals surface area contributed by atoms with Gasteiger partial charge in [0.05, 0.1) is 24.8 Å². The van der Waals surface area contributed by atoms with Crippen molar-refractivity contribution in [3.8, 4) is 5.75 Å². The van der Waals surface area contributed by atoms with Crippen molar-refractivity contribution in [2.75, 3.05) is 46.0 Å². The molecule has 7 nitrogen and oxygen atoms in total. The first-order valence-electron chi connectivity index (χ1n) is 12.4. The molecular weight excluding hydrogens is 456 g/mol. The Bertz CT molecular complexity index is 1120. The number of hydrogen-bond donors (Lipinski definition) is 1. The number of carbonyl (C=O) groups is 2. The predicted octanol–water partition coefficient (Wildman–Crippen LogP) is 4.13. The van der Waals surface area contributed by atoms with Crippen molar-refractivity contribution in [1.82, 2.24) is 9.80 Å². The van der Waals surface area contributed by atoms with Gasteiger partial charge in [-0.05, 0) is 41.3 Å². The van der Waals surface area contributed by atoms with Crippen molar-refractivity contribution < 1.29 is 24.2 Å². The Morgan fingerprint density at radius 2 is 1.75 bits per heavy atom. The van der Waals surface area contributed by atoms with Crippen LogP contribution in [0.1, 0.15) is 42.5 Å². The molecule has 4 rings (SSSR count). The molecule has 0 unspecified atom stereocenters. The maximum Gasteiger partial charge on any atom is 0.295 e. The summed E-state index contributed by atoms with van der Waals surface area (Å²) in [6.45, 7) is 12.1. The molecule has 2 aliphatic heterocycles. The van der Waals surface area contributed by atoms with Gasteiger partial charge in [0.25, 0.3) is 11.7 Å². The van der Waals surface area contributed by atoms with Gasteiger partial charge in [-0.25, -0.2) is 0 Å². The number of hydrogen-bond acceptors (Lipinski definition) is 6. The van der Waals surface area contributed by atoms with Crippen molar-refractivity contribution in [1.29, 1.82) is 0 Å². The van der Waals surface area contributed by atoms with Crippen LogP contribution in [0.15, 0.2) is 66.8 Å². The molecule has 0 radical (unpaired) electrons. The van der Waals surface area contributed by atoms with Gasteiger partial charge in [0, 0.05) is 31.7 Å². The third kappa shape index (κ3) is 5.53. The summed E-state index contributed by atoms with van der Waals surface area (Å²) in [5.74, 6) is -0.463. The van der Waals surface area contributed by atoms with E-state index < -0.39 is 17.7 Å². The molecule has 2 saturated heterocycles. The number of amides is 1. The zero-order valence-corrected chi connectivity index (χ0v) is 21.0. The number of aliphatic hydroxyl groups is 1. The molecule has 2 fully saturated rings. The first-order valence-corrected chi connectivity index (χ1v) is 12.4. The lowest BCUT2D eigenvalue weighted by atomic mass is 9.93. The Hall–Kier alpha value is -3.42. The molecule has 0 aromatic heterocycles. The van der Waals surface area contributed by atoms with E-state index in [0.717, 1.165) is 18.7 Å². The molecule has 2 heterocycles. The average Bonchev–Trinajstić information content (AvgIpc) is 3.16. The van der Waals surface area contributed by atoms with E-state index in [0.29, 0.717) is 50.1 Å². The largest absolute Gasteiger partial charge is 0.507 e. The Morgan fingerprint density at radius 1 is 1.08 bits per heavy atom. The Labute approximate surface area is 212 Å². The molecule has 1 amide bonds.